The van der Waals surface area contributed by atoms with Crippen LogP contribution in [0.5, 0.6) is 0 Å². The Morgan fingerprint density at radius 1 is 1.60 bits per heavy atom. The van der Waals surface area contributed by atoms with Crippen LogP contribution >= 0.6 is 11.3 Å². The van der Waals surface area contributed by atoms with Crippen molar-refractivity contribution in [3.05, 3.63) is 16.1 Å². The number of nitrogens with zero attached hydrogens (tertiary/aromatic N) is 1. The number of esters is 1. The summed E-state index contributed by atoms with van der Waals surface area (Å²) in [6.45, 7) is 2.08. The van der Waals surface area contributed by atoms with Gasteiger partial charge in [0.15, 0.2) is 10.8 Å². The molecule has 1 aromatic rings. The number of hydrogen-bond donors (Lipinski definition) is 0. The lowest BCUT2D eigenvalue weighted by molar-refractivity contribution is 0.0531. The third-order valence-electron chi connectivity index (χ3n) is 2.14. The Morgan fingerprint density at radius 3 is 2.93 bits per heavy atom. The van der Waals surface area contributed by atoms with Gasteiger partial charge in [-0.05, 0) is 19.8 Å². The van der Waals surface area contributed by atoms with E-state index in [1.165, 1.54) is 6.20 Å². The molecule has 2 rings (SSSR count). The largest absolute Gasteiger partial charge is 0.462 e. The molecule has 1 fully saturated rings. The van der Waals surface area contributed by atoms with E-state index in [-0.39, 0.29) is 11.7 Å². The minimum atomic E-state index is -0.398. The Kier molecular flexibility index (Phi) is 2.81. The molecule has 0 saturated heterocycles. The number of carbonyl (C=O) groups excluding carboxylic acids is 2. The molecule has 1 aliphatic carbocycles. The van der Waals surface area contributed by atoms with E-state index in [4.69, 9.17) is 4.74 Å². The highest BCUT2D eigenvalue weighted by Gasteiger charge is 2.32. The Balaban J connectivity index is 2.09. The number of rotatable bonds is 4. The van der Waals surface area contributed by atoms with Crippen molar-refractivity contribution in [1.82, 2.24) is 4.98 Å². The first-order valence-electron chi connectivity index (χ1n) is 4.89. The molecule has 0 spiro atoms. The van der Waals surface area contributed by atoms with Crippen molar-refractivity contribution in [3.8, 4) is 0 Å². The summed E-state index contributed by atoms with van der Waals surface area (Å²) in [4.78, 5) is 27.3. The van der Waals surface area contributed by atoms with Crippen LogP contribution in [0.3, 0.4) is 0 Å². The van der Waals surface area contributed by atoms with Crippen LogP contribution in [0.2, 0.25) is 0 Å². The summed E-state index contributed by atoms with van der Waals surface area (Å²) in [5.74, 6) is -0.188. The predicted octanol–water partition coefficient (Wildman–Crippen LogP) is 1.91. The van der Waals surface area contributed by atoms with Gasteiger partial charge in [0.1, 0.15) is 4.88 Å². The number of thiazole rings is 1. The van der Waals surface area contributed by atoms with Crippen molar-refractivity contribution in [1.29, 1.82) is 0 Å². The fraction of sp³-hybridized carbons (Fsp3) is 0.500. The van der Waals surface area contributed by atoms with Crippen LogP contribution < -0.4 is 0 Å². The van der Waals surface area contributed by atoms with Crippen molar-refractivity contribution < 1.29 is 14.3 Å². The Labute approximate surface area is 91.3 Å². The molecule has 5 heteroatoms. The van der Waals surface area contributed by atoms with Gasteiger partial charge in [0, 0.05) is 5.92 Å². The zero-order valence-electron chi connectivity index (χ0n) is 8.36. The van der Waals surface area contributed by atoms with Gasteiger partial charge >= 0.3 is 5.97 Å². The molecule has 0 aliphatic heterocycles. The summed E-state index contributed by atoms with van der Waals surface area (Å²) in [5.41, 5.74) is 0. The van der Waals surface area contributed by atoms with E-state index in [1.807, 2.05) is 0 Å². The third-order valence-corrected chi connectivity index (χ3v) is 3.13. The summed E-state index contributed by atoms with van der Waals surface area (Å²) < 4.78 is 4.82. The molecule has 0 unspecified atom stereocenters. The molecule has 0 amide bonds. The predicted molar refractivity (Wildman–Crippen MR) is 55.1 cm³/mol. The zero-order chi connectivity index (χ0) is 10.8. The third kappa shape index (κ3) is 2.23. The molecule has 1 aromatic heterocycles. The average molecular weight is 225 g/mol. The van der Waals surface area contributed by atoms with E-state index in [2.05, 4.69) is 4.98 Å². The van der Waals surface area contributed by atoms with E-state index in [1.54, 1.807) is 6.92 Å². The molecular formula is C10H11NO3S. The smallest absolute Gasteiger partial charge is 0.349 e. The van der Waals surface area contributed by atoms with Crippen molar-refractivity contribution in [2.24, 2.45) is 5.92 Å². The molecule has 4 nitrogen and oxygen atoms in total. The average Bonchev–Trinajstić information content (AvgIpc) is 2.95. The summed E-state index contributed by atoms with van der Waals surface area (Å²) in [7, 11) is 0. The Morgan fingerprint density at radius 2 is 2.33 bits per heavy atom. The summed E-state index contributed by atoms with van der Waals surface area (Å²) in [6.07, 6.45) is 3.32. The first-order chi connectivity index (χ1) is 7.22. The number of carbonyl (C=O) groups is 2. The van der Waals surface area contributed by atoms with Crippen molar-refractivity contribution in [3.63, 3.8) is 0 Å². The number of Topliss-reactive ketones (excluding diaryl/α,β-unsaturated/α-hetero) is 1. The van der Waals surface area contributed by atoms with Crippen LogP contribution in [0.4, 0.5) is 0 Å². The lowest BCUT2D eigenvalue weighted by atomic mass is 10.3. The highest BCUT2D eigenvalue weighted by molar-refractivity contribution is 7.15. The zero-order valence-corrected chi connectivity index (χ0v) is 9.17. The molecule has 0 radical (unpaired) electrons. The van der Waals surface area contributed by atoms with Gasteiger partial charge in [0.25, 0.3) is 0 Å². The number of aromatic nitrogens is 1. The first kappa shape index (κ1) is 10.3. The molecule has 80 valence electrons. The van der Waals surface area contributed by atoms with Gasteiger partial charge in [-0.15, -0.1) is 11.3 Å². The first-order valence-corrected chi connectivity index (χ1v) is 5.71. The van der Waals surface area contributed by atoms with Crippen LogP contribution in [0.25, 0.3) is 0 Å². The van der Waals surface area contributed by atoms with Gasteiger partial charge in [-0.1, -0.05) is 0 Å². The van der Waals surface area contributed by atoms with E-state index in [0.29, 0.717) is 16.5 Å². The second-order valence-corrected chi connectivity index (χ2v) is 4.42. The summed E-state index contributed by atoms with van der Waals surface area (Å²) in [6, 6.07) is 0. The van der Waals surface area contributed by atoms with E-state index < -0.39 is 5.97 Å². The van der Waals surface area contributed by atoms with Crippen LogP contribution in [0.1, 0.15) is 39.2 Å². The molecule has 1 aliphatic rings. The van der Waals surface area contributed by atoms with Gasteiger partial charge < -0.3 is 4.74 Å². The SMILES string of the molecule is CCOC(=O)c1cnc(C(=O)C2CC2)s1. The van der Waals surface area contributed by atoms with Gasteiger partial charge in [0.05, 0.1) is 12.8 Å². The molecule has 0 bridgehead atoms. The molecular weight excluding hydrogens is 214 g/mol. The lowest BCUT2D eigenvalue weighted by Crippen LogP contribution is -2.01. The molecule has 1 heterocycles. The molecule has 1 saturated carbocycles. The van der Waals surface area contributed by atoms with E-state index >= 15 is 0 Å². The maximum atomic E-state index is 11.6. The van der Waals surface area contributed by atoms with Gasteiger partial charge in [-0.3, -0.25) is 4.79 Å². The minimum Gasteiger partial charge on any atom is -0.462 e. The number of ether oxygens (including phenoxy) is 1. The van der Waals surface area contributed by atoms with Crippen LogP contribution in [-0.2, 0) is 4.74 Å². The highest BCUT2D eigenvalue weighted by Crippen LogP contribution is 2.33. The van der Waals surface area contributed by atoms with Crippen LogP contribution in [-0.4, -0.2) is 23.3 Å². The quantitative estimate of drug-likeness (QED) is 0.580. The fourth-order valence-electron chi connectivity index (χ4n) is 1.20. The number of ketones is 1. The summed E-state index contributed by atoms with van der Waals surface area (Å²) >= 11 is 1.12. The maximum absolute atomic E-state index is 11.6. The van der Waals surface area contributed by atoms with Gasteiger partial charge in [-0.2, -0.15) is 0 Å². The van der Waals surface area contributed by atoms with E-state index in [0.717, 1.165) is 24.2 Å². The Hall–Kier alpha value is -1.23. The van der Waals surface area contributed by atoms with Crippen LogP contribution in [0, 0.1) is 5.92 Å². The topological polar surface area (TPSA) is 56.3 Å². The summed E-state index contributed by atoms with van der Waals surface area (Å²) in [5, 5.41) is 0.431. The molecule has 0 atom stereocenters. The second-order valence-electron chi connectivity index (χ2n) is 3.39. The second kappa shape index (κ2) is 4.10. The number of hydrogen-bond acceptors (Lipinski definition) is 5. The maximum Gasteiger partial charge on any atom is 0.349 e. The fourth-order valence-corrected chi connectivity index (χ4v) is 2.03. The molecule has 15 heavy (non-hydrogen) atoms. The standard InChI is InChI=1S/C10H11NO3S/c1-2-14-10(13)7-5-11-9(15-7)8(12)6-3-4-6/h5-6H,2-4H2,1H3. The van der Waals surface area contributed by atoms with Crippen molar-refractivity contribution >= 4 is 23.1 Å². The molecule has 0 aromatic carbocycles. The lowest BCUT2D eigenvalue weighted by Gasteiger charge is -1.95. The normalized spacial score (nSPS) is 15.0. The Bertz CT molecular complexity index is 395. The van der Waals surface area contributed by atoms with Gasteiger partial charge in [0.2, 0.25) is 0 Å². The van der Waals surface area contributed by atoms with Crippen molar-refractivity contribution in [2.75, 3.05) is 6.61 Å². The highest BCUT2D eigenvalue weighted by atomic mass is 32.1. The van der Waals surface area contributed by atoms with Crippen molar-refractivity contribution in [2.45, 2.75) is 19.8 Å². The molecule has 0 N–H and O–H groups in total. The van der Waals surface area contributed by atoms with Gasteiger partial charge in [-0.25, -0.2) is 9.78 Å². The van der Waals surface area contributed by atoms with E-state index in [9.17, 15) is 9.59 Å². The minimum absolute atomic E-state index is 0.0653. The monoisotopic (exact) mass is 225 g/mol. The van der Waals surface area contributed by atoms with Crippen LogP contribution in [0.15, 0.2) is 6.20 Å².